The van der Waals surface area contributed by atoms with Gasteiger partial charge in [0.05, 0.1) is 18.3 Å². The predicted octanol–water partition coefficient (Wildman–Crippen LogP) is 1.20. The molecular weight excluding hydrogens is 292 g/mol. The molecule has 126 valence electrons. The Morgan fingerprint density at radius 1 is 1.35 bits per heavy atom. The van der Waals surface area contributed by atoms with Crippen LogP contribution < -0.4 is 15.5 Å². The average Bonchev–Trinajstić information content (AvgIpc) is 2.55. The van der Waals surface area contributed by atoms with Crippen LogP contribution in [0, 0.1) is 0 Å². The van der Waals surface area contributed by atoms with E-state index in [1.54, 1.807) is 0 Å². The maximum absolute atomic E-state index is 12.7. The van der Waals surface area contributed by atoms with Gasteiger partial charge in [-0.15, -0.1) is 0 Å². The normalized spacial score (nSPS) is 23.5. The van der Waals surface area contributed by atoms with Gasteiger partial charge in [0, 0.05) is 31.7 Å². The molecule has 2 aliphatic heterocycles. The summed E-state index contributed by atoms with van der Waals surface area (Å²) in [7, 11) is 2.12. The van der Waals surface area contributed by atoms with E-state index in [1.165, 1.54) is 0 Å². The van der Waals surface area contributed by atoms with Crippen molar-refractivity contribution < 1.29 is 9.53 Å². The van der Waals surface area contributed by atoms with Crippen LogP contribution in [0.2, 0.25) is 0 Å². The Balaban J connectivity index is 1.63. The van der Waals surface area contributed by atoms with Gasteiger partial charge in [0.15, 0.2) is 5.78 Å². The maximum atomic E-state index is 12.7. The van der Waals surface area contributed by atoms with Crippen LogP contribution in [0.15, 0.2) is 18.2 Å². The molecule has 2 atom stereocenters. The smallest absolute Gasteiger partial charge is 0.180 e. The number of nitrogens with one attached hydrogen (secondary N) is 2. The summed E-state index contributed by atoms with van der Waals surface area (Å²) in [5.74, 6) is 0.923. The minimum Gasteiger partial charge on any atom is -0.487 e. The highest BCUT2D eigenvalue weighted by Gasteiger charge is 2.22. The number of hydrazine groups is 1. The summed E-state index contributed by atoms with van der Waals surface area (Å²) in [5.41, 5.74) is 4.95. The van der Waals surface area contributed by atoms with Gasteiger partial charge in [0.25, 0.3) is 0 Å². The zero-order chi connectivity index (χ0) is 16.4. The average molecular weight is 318 g/mol. The van der Waals surface area contributed by atoms with Crippen molar-refractivity contribution in [2.24, 2.45) is 0 Å². The summed E-state index contributed by atoms with van der Waals surface area (Å²) in [5, 5.41) is 5.46. The van der Waals surface area contributed by atoms with E-state index in [0.29, 0.717) is 5.56 Å². The molecule has 0 amide bonds. The number of fused-ring (bicyclic) bond motifs is 1. The quantitative estimate of drug-likeness (QED) is 0.814. The second kappa shape index (κ2) is 6.86. The molecular formula is C17H26N4O2. The summed E-state index contributed by atoms with van der Waals surface area (Å²) in [4.78, 5) is 15.0. The molecule has 1 saturated heterocycles. The fraction of sp³-hybridized carbons (Fsp3) is 0.588. The van der Waals surface area contributed by atoms with Crippen LogP contribution in [0.4, 0.5) is 5.69 Å². The van der Waals surface area contributed by atoms with E-state index in [0.717, 1.165) is 44.2 Å². The van der Waals surface area contributed by atoms with Gasteiger partial charge < -0.3 is 15.0 Å². The lowest BCUT2D eigenvalue weighted by atomic mass is 10.0. The predicted molar refractivity (Wildman–Crippen MR) is 91.0 cm³/mol. The van der Waals surface area contributed by atoms with Crippen molar-refractivity contribution in [1.82, 2.24) is 15.3 Å². The lowest BCUT2D eigenvalue weighted by Gasteiger charge is -2.34. The van der Waals surface area contributed by atoms with E-state index in [1.807, 2.05) is 32.0 Å². The fourth-order valence-corrected chi connectivity index (χ4v) is 2.95. The zero-order valence-electron chi connectivity index (χ0n) is 14.1. The molecule has 2 heterocycles. The van der Waals surface area contributed by atoms with Crippen LogP contribution in [0.25, 0.3) is 0 Å². The van der Waals surface area contributed by atoms with E-state index >= 15 is 0 Å². The van der Waals surface area contributed by atoms with Crippen molar-refractivity contribution in [3.8, 4) is 5.75 Å². The van der Waals surface area contributed by atoms with E-state index < -0.39 is 0 Å². The van der Waals surface area contributed by atoms with Crippen molar-refractivity contribution in [3.05, 3.63) is 23.8 Å². The summed E-state index contributed by atoms with van der Waals surface area (Å²) >= 11 is 0. The molecule has 6 nitrogen and oxygen atoms in total. The van der Waals surface area contributed by atoms with Gasteiger partial charge in [0.1, 0.15) is 11.9 Å². The lowest BCUT2D eigenvalue weighted by Crippen LogP contribution is -2.54. The fourth-order valence-electron chi connectivity index (χ4n) is 2.95. The number of hydrogen-bond acceptors (Lipinski definition) is 6. The number of anilines is 1. The third kappa shape index (κ3) is 3.83. The van der Waals surface area contributed by atoms with Gasteiger partial charge in [-0.25, -0.2) is 10.4 Å². The Morgan fingerprint density at radius 3 is 2.83 bits per heavy atom. The van der Waals surface area contributed by atoms with Crippen LogP contribution in [-0.4, -0.2) is 67.6 Å². The molecule has 23 heavy (non-hydrogen) atoms. The number of ether oxygens (including phenoxy) is 1. The minimum absolute atomic E-state index is 0.104. The van der Waals surface area contributed by atoms with Crippen LogP contribution in [0.5, 0.6) is 5.75 Å². The SMILES string of the molecule is CC1CNc2cc(C(=O)C(C)NN3CCN(C)CC3)ccc2O1. The van der Waals surface area contributed by atoms with Gasteiger partial charge in [-0.3, -0.25) is 4.79 Å². The molecule has 1 aromatic carbocycles. The first-order valence-electron chi connectivity index (χ1n) is 8.31. The Kier molecular flexibility index (Phi) is 4.84. The number of likely N-dealkylation sites (N-methyl/N-ethyl adjacent to an activating group) is 1. The standard InChI is InChI=1S/C17H26N4O2/c1-12-11-18-15-10-14(4-5-16(15)23-12)17(22)13(2)19-21-8-6-20(3)7-9-21/h4-5,10,12-13,18-19H,6-9,11H2,1-3H3. The van der Waals surface area contributed by atoms with Crippen LogP contribution in [-0.2, 0) is 0 Å². The number of hydrogen-bond donors (Lipinski definition) is 2. The van der Waals surface area contributed by atoms with Crippen molar-refractivity contribution >= 4 is 11.5 Å². The van der Waals surface area contributed by atoms with Gasteiger partial charge >= 0.3 is 0 Å². The van der Waals surface area contributed by atoms with Crippen molar-refractivity contribution in [3.63, 3.8) is 0 Å². The highest BCUT2D eigenvalue weighted by atomic mass is 16.5. The first kappa shape index (κ1) is 16.2. The molecule has 0 aliphatic carbocycles. The van der Waals surface area contributed by atoms with E-state index in [2.05, 4.69) is 27.7 Å². The highest BCUT2D eigenvalue weighted by molar-refractivity contribution is 6.00. The number of rotatable bonds is 4. The Hall–Kier alpha value is -1.63. The molecule has 1 aromatic rings. The molecule has 0 saturated carbocycles. The Bertz CT molecular complexity index is 570. The molecule has 1 fully saturated rings. The van der Waals surface area contributed by atoms with Crippen LogP contribution in [0.1, 0.15) is 24.2 Å². The first-order chi connectivity index (χ1) is 11.0. The summed E-state index contributed by atoms with van der Waals surface area (Å²) < 4.78 is 5.76. The molecule has 2 N–H and O–H groups in total. The maximum Gasteiger partial charge on any atom is 0.180 e. The number of ketones is 1. The van der Waals surface area contributed by atoms with E-state index in [9.17, 15) is 4.79 Å². The van der Waals surface area contributed by atoms with Crippen molar-refractivity contribution in [1.29, 1.82) is 0 Å². The molecule has 0 aromatic heterocycles. The third-order valence-electron chi connectivity index (χ3n) is 4.44. The number of benzene rings is 1. The number of carbonyl (C=O) groups excluding carboxylic acids is 1. The van der Waals surface area contributed by atoms with Crippen LogP contribution >= 0.6 is 0 Å². The summed E-state index contributed by atoms with van der Waals surface area (Å²) in [6, 6.07) is 5.39. The molecule has 6 heteroatoms. The highest BCUT2D eigenvalue weighted by Crippen LogP contribution is 2.30. The molecule has 0 radical (unpaired) electrons. The first-order valence-corrected chi connectivity index (χ1v) is 8.31. The largest absolute Gasteiger partial charge is 0.487 e. The van der Waals surface area contributed by atoms with Crippen molar-refractivity contribution in [2.45, 2.75) is 26.0 Å². The van der Waals surface area contributed by atoms with Gasteiger partial charge in [-0.2, -0.15) is 0 Å². The van der Waals surface area contributed by atoms with E-state index in [4.69, 9.17) is 4.74 Å². The summed E-state index contributed by atoms with van der Waals surface area (Å²) in [6.45, 7) is 8.62. The Labute approximate surface area is 137 Å². The lowest BCUT2D eigenvalue weighted by molar-refractivity contribution is 0.0718. The minimum atomic E-state index is -0.236. The number of carbonyl (C=O) groups is 1. The third-order valence-corrected chi connectivity index (χ3v) is 4.44. The van der Waals surface area contributed by atoms with E-state index in [-0.39, 0.29) is 17.9 Å². The molecule has 3 rings (SSSR count). The second-order valence-electron chi connectivity index (χ2n) is 6.53. The molecule has 0 bridgehead atoms. The van der Waals surface area contributed by atoms with Gasteiger partial charge in [-0.05, 0) is 39.1 Å². The van der Waals surface area contributed by atoms with Gasteiger partial charge in [-0.1, -0.05) is 0 Å². The topological polar surface area (TPSA) is 56.8 Å². The van der Waals surface area contributed by atoms with Crippen LogP contribution in [0.3, 0.4) is 0 Å². The Morgan fingerprint density at radius 2 is 2.09 bits per heavy atom. The number of piperazine rings is 1. The number of nitrogens with zero attached hydrogens (tertiary/aromatic N) is 2. The van der Waals surface area contributed by atoms with Crippen molar-refractivity contribution in [2.75, 3.05) is 45.1 Å². The summed E-state index contributed by atoms with van der Waals surface area (Å²) in [6.07, 6.45) is 0.155. The molecule has 2 aliphatic rings. The molecule has 0 spiro atoms. The second-order valence-corrected chi connectivity index (χ2v) is 6.53. The monoisotopic (exact) mass is 318 g/mol. The van der Waals surface area contributed by atoms with Gasteiger partial charge in [0.2, 0.25) is 0 Å². The molecule has 2 unspecified atom stereocenters. The number of Topliss-reactive ketones (excluding diaryl/α,β-unsaturated/α-hetero) is 1. The zero-order valence-corrected chi connectivity index (χ0v) is 14.1.